The lowest BCUT2D eigenvalue weighted by molar-refractivity contribution is 0.458. The Labute approximate surface area is 66.5 Å². The van der Waals surface area contributed by atoms with Crippen LogP contribution in [0.25, 0.3) is 0 Å². The quantitative estimate of drug-likeness (QED) is 0.512. The van der Waals surface area contributed by atoms with Crippen molar-refractivity contribution in [3.8, 4) is 5.75 Å². The topological polar surface area (TPSA) is 72.5 Å². The molecule has 0 fully saturated rings. The van der Waals surface area contributed by atoms with Crippen molar-refractivity contribution < 1.29 is 12.9 Å². The van der Waals surface area contributed by atoms with Gasteiger partial charge in [0, 0.05) is 5.69 Å². The second-order valence-electron chi connectivity index (χ2n) is 1.87. The van der Waals surface area contributed by atoms with Crippen LogP contribution in [0.3, 0.4) is 0 Å². The lowest BCUT2D eigenvalue weighted by Crippen LogP contribution is -1.97. The second-order valence-corrected chi connectivity index (χ2v) is 2.47. The molecule has 0 bridgehead atoms. The zero-order chi connectivity index (χ0) is 8.27. The molecule has 11 heavy (non-hydrogen) atoms. The van der Waals surface area contributed by atoms with E-state index >= 15 is 0 Å². The van der Waals surface area contributed by atoms with E-state index in [1.807, 2.05) is 0 Å². The number of nitrogens with two attached hydrogens (primary N) is 1. The van der Waals surface area contributed by atoms with Gasteiger partial charge in [-0.1, -0.05) is 0 Å². The molecular formula is C6H7NO3S. The highest BCUT2D eigenvalue weighted by molar-refractivity contribution is 7.74. The van der Waals surface area contributed by atoms with Gasteiger partial charge in [-0.3, -0.25) is 4.55 Å². The molecule has 0 heterocycles. The van der Waals surface area contributed by atoms with Gasteiger partial charge >= 0.3 is 11.4 Å². The van der Waals surface area contributed by atoms with Crippen LogP contribution >= 0.6 is 0 Å². The lowest BCUT2D eigenvalue weighted by Gasteiger charge is -1.98. The molecule has 0 spiro atoms. The van der Waals surface area contributed by atoms with Gasteiger partial charge < -0.3 is 9.92 Å². The average Bonchev–Trinajstić information content (AvgIpc) is 1.93. The zero-order valence-corrected chi connectivity index (χ0v) is 6.38. The van der Waals surface area contributed by atoms with Crippen LogP contribution in [0.15, 0.2) is 24.3 Å². The maximum atomic E-state index is 10.1. The molecular weight excluding hydrogens is 166 g/mol. The maximum Gasteiger partial charge on any atom is 0.357 e. The van der Waals surface area contributed by atoms with Crippen molar-refractivity contribution in [2.45, 2.75) is 0 Å². The molecule has 60 valence electrons. The van der Waals surface area contributed by atoms with Crippen LogP contribution in [0.4, 0.5) is 5.69 Å². The first-order chi connectivity index (χ1) is 5.18. The maximum absolute atomic E-state index is 10.1. The van der Waals surface area contributed by atoms with Gasteiger partial charge in [-0.25, -0.2) is 0 Å². The van der Waals surface area contributed by atoms with Crippen LogP contribution < -0.4 is 9.92 Å². The Bertz CT molecular complexity index is 259. The van der Waals surface area contributed by atoms with E-state index in [1.165, 1.54) is 12.1 Å². The fourth-order valence-corrected chi connectivity index (χ4v) is 0.881. The number of benzene rings is 1. The summed E-state index contributed by atoms with van der Waals surface area (Å²) in [4.78, 5) is 0. The molecule has 1 aromatic carbocycles. The summed E-state index contributed by atoms with van der Waals surface area (Å²) >= 11 is -2.26. The summed E-state index contributed by atoms with van der Waals surface area (Å²) in [6.45, 7) is 0. The van der Waals surface area contributed by atoms with Crippen molar-refractivity contribution in [1.29, 1.82) is 0 Å². The molecule has 0 amide bonds. The Morgan fingerprint density at radius 2 is 1.91 bits per heavy atom. The minimum atomic E-state index is -2.26. The molecule has 0 aliphatic heterocycles. The normalized spacial score (nSPS) is 12.5. The molecule has 0 aliphatic rings. The van der Waals surface area contributed by atoms with Crippen LogP contribution in [0.5, 0.6) is 5.75 Å². The molecule has 5 heteroatoms. The Balaban J connectivity index is 2.74. The largest absolute Gasteiger partial charge is 0.399 e. The van der Waals surface area contributed by atoms with Crippen molar-refractivity contribution in [2.75, 3.05) is 5.73 Å². The van der Waals surface area contributed by atoms with Crippen LogP contribution in [0.1, 0.15) is 0 Å². The average molecular weight is 173 g/mol. The van der Waals surface area contributed by atoms with Crippen molar-refractivity contribution in [1.82, 2.24) is 0 Å². The summed E-state index contributed by atoms with van der Waals surface area (Å²) in [5.74, 6) is 0.319. The number of anilines is 1. The lowest BCUT2D eigenvalue weighted by atomic mass is 10.3. The molecule has 0 saturated carbocycles. The Hall–Kier alpha value is -1.07. The Morgan fingerprint density at radius 3 is 2.36 bits per heavy atom. The molecule has 0 aromatic heterocycles. The minimum Gasteiger partial charge on any atom is -0.399 e. The van der Waals surface area contributed by atoms with Gasteiger partial charge in [0.25, 0.3) is 0 Å². The smallest absolute Gasteiger partial charge is 0.357 e. The van der Waals surface area contributed by atoms with E-state index in [9.17, 15) is 4.21 Å². The Kier molecular flexibility index (Phi) is 2.45. The fourth-order valence-electron chi connectivity index (χ4n) is 0.606. The molecule has 0 saturated heterocycles. The van der Waals surface area contributed by atoms with E-state index < -0.39 is 11.4 Å². The molecule has 1 aromatic rings. The highest BCUT2D eigenvalue weighted by Gasteiger charge is 1.95. The van der Waals surface area contributed by atoms with E-state index in [0.29, 0.717) is 11.4 Å². The summed E-state index contributed by atoms with van der Waals surface area (Å²) in [6, 6.07) is 6.21. The van der Waals surface area contributed by atoms with Crippen LogP contribution in [0.2, 0.25) is 0 Å². The van der Waals surface area contributed by atoms with Crippen LogP contribution in [0, 0.1) is 0 Å². The van der Waals surface area contributed by atoms with Crippen LogP contribution in [-0.4, -0.2) is 8.76 Å². The number of hydrogen-bond acceptors (Lipinski definition) is 3. The van der Waals surface area contributed by atoms with Crippen molar-refractivity contribution in [2.24, 2.45) is 0 Å². The molecule has 4 nitrogen and oxygen atoms in total. The standard InChI is InChI=1S/C6H7NO3S/c7-5-1-3-6(4-2-5)10-11(8)9/h1-4H,7H2,(H,8,9). The third-order valence-corrected chi connectivity index (χ3v) is 1.38. The third-order valence-electron chi connectivity index (χ3n) is 1.05. The van der Waals surface area contributed by atoms with Gasteiger partial charge in [0.2, 0.25) is 0 Å². The highest BCUT2D eigenvalue weighted by atomic mass is 32.2. The predicted molar refractivity (Wildman–Crippen MR) is 42.3 cm³/mol. The molecule has 1 unspecified atom stereocenters. The minimum absolute atomic E-state index is 0.319. The summed E-state index contributed by atoms with van der Waals surface area (Å²) in [5.41, 5.74) is 5.95. The van der Waals surface area contributed by atoms with Crippen LogP contribution in [-0.2, 0) is 11.4 Å². The number of hydrogen-bond donors (Lipinski definition) is 2. The van der Waals surface area contributed by atoms with Gasteiger partial charge in [0.1, 0.15) is 5.75 Å². The predicted octanol–water partition coefficient (Wildman–Crippen LogP) is 0.784. The monoisotopic (exact) mass is 173 g/mol. The zero-order valence-electron chi connectivity index (χ0n) is 5.56. The van der Waals surface area contributed by atoms with E-state index in [1.54, 1.807) is 12.1 Å². The number of rotatable bonds is 2. The first-order valence-corrected chi connectivity index (χ1v) is 3.86. The van der Waals surface area contributed by atoms with E-state index in [-0.39, 0.29) is 0 Å². The molecule has 3 N–H and O–H groups in total. The van der Waals surface area contributed by atoms with Gasteiger partial charge in [-0.2, -0.15) is 4.21 Å². The summed E-state index contributed by atoms with van der Waals surface area (Å²) in [7, 11) is 0. The van der Waals surface area contributed by atoms with Gasteiger partial charge in [-0.15, -0.1) is 0 Å². The molecule has 0 radical (unpaired) electrons. The molecule has 1 rings (SSSR count). The van der Waals surface area contributed by atoms with E-state index in [0.717, 1.165) is 0 Å². The van der Waals surface area contributed by atoms with E-state index in [4.69, 9.17) is 10.3 Å². The SMILES string of the molecule is Nc1ccc(OS(=O)O)cc1. The molecule has 0 aliphatic carbocycles. The van der Waals surface area contributed by atoms with Gasteiger partial charge in [-0.05, 0) is 24.3 Å². The first-order valence-electron chi connectivity index (χ1n) is 2.83. The van der Waals surface area contributed by atoms with Gasteiger partial charge in [0.15, 0.2) is 0 Å². The van der Waals surface area contributed by atoms with Gasteiger partial charge in [0.05, 0.1) is 0 Å². The Morgan fingerprint density at radius 1 is 1.36 bits per heavy atom. The highest BCUT2D eigenvalue weighted by Crippen LogP contribution is 2.13. The van der Waals surface area contributed by atoms with Crippen molar-refractivity contribution in [3.63, 3.8) is 0 Å². The van der Waals surface area contributed by atoms with Crippen molar-refractivity contribution in [3.05, 3.63) is 24.3 Å². The summed E-state index contributed by atoms with van der Waals surface area (Å²) in [5, 5.41) is 0. The van der Waals surface area contributed by atoms with Crippen molar-refractivity contribution >= 4 is 17.0 Å². The summed E-state index contributed by atoms with van der Waals surface area (Å²) in [6.07, 6.45) is 0. The summed E-state index contributed by atoms with van der Waals surface area (Å²) < 4.78 is 22.8. The third kappa shape index (κ3) is 2.57. The molecule has 1 atom stereocenters. The first kappa shape index (κ1) is 8.03. The second kappa shape index (κ2) is 3.36. The number of nitrogen functional groups attached to an aromatic ring is 1. The van der Waals surface area contributed by atoms with E-state index in [2.05, 4.69) is 4.18 Å². The fraction of sp³-hybridized carbons (Fsp3) is 0.